The Morgan fingerprint density at radius 3 is 1.29 bits per heavy atom. The first kappa shape index (κ1) is 79.9. The number of benzene rings is 5. The van der Waals surface area contributed by atoms with Gasteiger partial charge < -0.3 is 55.3 Å². The molecule has 5 aromatic carbocycles. The second-order valence-electron chi connectivity index (χ2n) is 23.4. The van der Waals surface area contributed by atoms with Gasteiger partial charge in [-0.05, 0) is 133 Å². The van der Waals surface area contributed by atoms with Gasteiger partial charge in [-0.25, -0.2) is 62.9 Å². The Bertz CT molecular complexity index is 3930. The Hall–Kier alpha value is -7.77. The Morgan fingerprint density at radius 1 is 0.577 bits per heavy atom. The van der Waals surface area contributed by atoms with Gasteiger partial charge in [0, 0.05) is 79.7 Å². The van der Waals surface area contributed by atoms with Crippen LogP contribution in [-0.2, 0) is 34.4 Å². The van der Waals surface area contributed by atoms with Crippen LogP contribution in [0.4, 0.5) is 35.1 Å². The number of aliphatic carboxylic acids is 2. The van der Waals surface area contributed by atoms with Crippen LogP contribution >= 0.6 is 0 Å². The van der Waals surface area contributed by atoms with E-state index in [-0.39, 0.29) is 110 Å². The molecule has 8 rings (SSSR count). The number of nitrogens with zero attached hydrogens (tertiary/aromatic N) is 7. The van der Waals surface area contributed by atoms with E-state index in [9.17, 15) is 89.6 Å². The van der Waals surface area contributed by atoms with Crippen LogP contribution in [-0.4, -0.2) is 174 Å². The molecule has 0 spiro atoms. The van der Waals surface area contributed by atoms with E-state index in [1.807, 2.05) is 27.7 Å². The number of halogens is 4. The van der Waals surface area contributed by atoms with Crippen LogP contribution in [0.5, 0.6) is 5.75 Å². The van der Waals surface area contributed by atoms with Crippen LogP contribution in [0, 0.1) is 29.2 Å². The number of aromatic nitrogens is 4. The third-order valence-electron chi connectivity index (χ3n) is 15.2. The molecule has 0 radical (unpaired) electrons. The largest absolute Gasteiger partial charge is 2.00 e. The standard InChI is InChI=1S/C24H21F2NO3.2C22H28FN3O6S.Ca/c25-17-5-1-15(2-6-17)22(29)14-13-21-23(16-3-11-20(28)12-4-16)27(24(21)30)19-9-7-18(26)8-10-19;2*1-13(2)20-18(10-9-16(27)11-17(28)12-19(29)30)21(14-5-7-15(23)8-6-14)25-22(24-20)26(3)33(4,31)32;/h1-12,21-23,28-29H,13-14H2;2*5-10,13,16-17,27-28H,11-12H2,1-4H3,(H,29,30);/q;;;+2/p-2/b;2*10-9+;/t21-,22+,23-;2*16-,17-;/m111./s1. The number of rotatable bonds is 26. The topological polar surface area (TPSA) is 348 Å². The van der Waals surface area contributed by atoms with Crippen LogP contribution in [0.15, 0.2) is 133 Å². The number of carboxylic acids is 2. The van der Waals surface area contributed by atoms with Gasteiger partial charge in [0.25, 0.3) is 0 Å². The maximum absolute atomic E-state index is 13.5. The Kier molecular flexibility index (Phi) is 29.4. The summed E-state index contributed by atoms with van der Waals surface area (Å²) in [5, 5.41) is 81.2. The summed E-state index contributed by atoms with van der Waals surface area (Å²) in [6, 6.07) is 28.7. The average Bonchev–Trinajstić information content (AvgIpc) is 0.752. The molecule has 1 fully saturated rings. The fourth-order valence-corrected chi connectivity index (χ4v) is 10.8. The monoisotopic (exact) mass is 1410 g/mol. The third kappa shape index (κ3) is 22.9. The van der Waals surface area contributed by atoms with Crippen molar-refractivity contribution < 1.29 is 89.6 Å². The summed E-state index contributed by atoms with van der Waals surface area (Å²) in [5.74, 6) is -5.38. The predicted molar refractivity (Wildman–Crippen MR) is 355 cm³/mol. The number of hydrogen-bond acceptors (Lipinski definition) is 19. The second kappa shape index (κ2) is 35.6. The summed E-state index contributed by atoms with van der Waals surface area (Å²) in [5.41, 5.74) is 5.56. The van der Waals surface area contributed by atoms with E-state index in [1.165, 1.54) is 123 Å². The molecule has 0 unspecified atom stereocenters. The SMILES string of the molecule is CC(C)c1nc(N(C)S(C)(=O)=O)nc(-c2ccc(F)cc2)c1/C=C/[C@@H](O)C[C@@H](O)CC(=O)[O-].CC(C)c1nc(N(C)S(C)(=O)=O)nc(-c2ccc(F)cc2)c1/C=C/[C@@H](O)C[C@@H](O)CC(=O)[O-].O=C1[C@H](CC[C@H](O)c2ccc(F)cc2)[C@@H](c2ccc(O)cc2)N1c1ccc(F)cc1.[Ca+2]. The number of anilines is 3. The van der Waals surface area contributed by atoms with Gasteiger partial charge in [0.15, 0.2) is 0 Å². The first-order valence-corrected chi connectivity index (χ1v) is 33.7. The molecule has 6 N–H and O–H groups in total. The summed E-state index contributed by atoms with van der Waals surface area (Å²) in [6.07, 6.45) is 1.12. The van der Waals surface area contributed by atoms with Crippen LogP contribution in [0.1, 0.15) is 124 Å². The molecular formula is C68H75CaF4N7O15S2. The molecule has 1 amide bonds. The number of aromatic hydroxyl groups is 1. The van der Waals surface area contributed by atoms with Gasteiger partial charge in [-0.1, -0.05) is 76.3 Å². The molecule has 22 nitrogen and oxygen atoms in total. The number of aliphatic hydroxyl groups excluding tert-OH is 5. The maximum atomic E-state index is 13.5. The smallest absolute Gasteiger partial charge is 0.550 e. The van der Waals surface area contributed by atoms with E-state index in [1.54, 1.807) is 41.3 Å². The van der Waals surface area contributed by atoms with Gasteiger partial charge in [-0.3, -0.25) is 4.79 Å². The summed E-state index contributed by atoms with van der Waals surface area (Å²) < 4.78 is 104. The number of β-lactam (4-membered cyclic amide) rings is 1. The van der Waals surface area contributed by atoms with Crippen LogP contribution < -0.4 is 23.7 Å². The number of amides is 1. The molecule has 7 aromatic rings. The Morgan fingerprint density at radius 2 is 0.938 bits per heavy atom. The van der Waals surface area contributed by atoms with Gasteiger partial charge in [0.05, 0.1) is 77.8 Å². The van der Waals surface area contributed by atoms with Gasteiger partial charge in [-0.15, -0.1) is 0 Å². The molecule has 1 saturated heterocycles. The molecule has 7 atom stereocenters. The fraction of sp³-hybridized carbons (Fsp3) is 0.338. The Labute approximate surface area is 590 Å². The number of phenols is 1. The molecule has 29 heteroatoms. The van der Waals surface area contributed by atoms with Gasteiger partial charge in [-0.2, -0.15) is 0 Å². The summed E-state index contributed by atoms with van der Waals surface area (Å²) >= 11 is 0. The second-order valence-corrected chi connectivity index (χ2v) is 27.4. The van der Waals surface area contributed by atoms with Crippen molar-refractivity contribution in [1.82, 2.24) is 19.9 Å². The molecule has 0 saturated carbocycles. The molecule has 1 aliphatic rings. The molecule has 1 aliphatic heterocycles. The van der Waals surface area contributed by atoms with Crippen molar-refractivity contribution in [2.24, 2.45) is 5.92 Å². The number of carbonyl (C=O) groups excluding carboxylic acids is 3. The zero-order valence-electron chi connectivity index (χ0n) is 54.3. The van der Waals surface area contributed by atoms with Crippen molar-refractivity contribution in [1.29, 1.82) is 0 Å². The molecule has 97 heavy (non-hydrogen) atoms. The first-order chi connectivity index (χ1) is 45.0. The van der Waals surface area contributed by atoms with E-state index in [4.69, 9.17) is 0 Å². The predicted octanol–water partition coefficient (Wildman–Crippen LogP) is 6.64. The van der Waals surface area contributed by atoms with E-state index in [2.05, 4.69) is 19.9 Å². The van der Waals surface area contributed by atoms with Crippen LogP contribution in [0.3, 0.4) is 0 Å². The molecule has 0 bridgehead atoms. The minimum Gasteiger partial charge on any atom is -0.550 e. The van der Waals surface area contributed by atoms with Crippen LogP contribution in [0.2, 0.25) is 0 Å². The maximum Gasteiger partial charge on any atom is 2.00 e. The Balaban J connectivity index is 0.000000262. The summed E-state index contributed by atoms with van der Waals surface area (Å²) in [4.78, 5) is 53.4. The zero-order valence-corrected chi connectivity index (χ0v) is 58.2. The number of sulfonamides is 2. The number of phenolic OH excluding ortho intramolecular Hbond substituents is 1. The molecule has 0 aliphatic carbocycles. The summed E-state index contributed by atoms with van der Waals surface area (Å²) in [6.45, 7) is 7.38. The van der Waals surface area contributed by atoms with Gasteiger partial charge >= 0.3 is 37.7 Å². The molecule has 2 aromatic heterocycles. The van der Waals surface area contributed by atoms with Crippen molar-refractivity contribution in [3.63, 3.8) is 0 Å². The van der Waals surface area contributed by atoms with Crippen molar-refractivity contribution in [2.45, 2.75) is 115 Å². The van der Waals surface area contributed by atoms with E-state index < -0.39 is 87.0 Å². The van der Waals surface area contributed by atoms with Crippen molar-refractivity contribution in [3.8, 4) is 28.3 Å². The number of carboxylic acid groups (broad SMARTS) is 2. The third-order valence-corrected chi connectivity index (χ3v) is 17.5. The molecule has 514 valence electrons. The normalized spacial score (nSPS) is 15.5. The number of aliphatic hydroxyl groups is 5. The summed E-state index contributed by atoms with van der Waals surface area (Å²) in [7, 11) is -4.67. The molecule has 3 heterocycles. The van der Waals surface area contributed by atoms with Gasteiger partial charge in [0.2, 0.25) is 37.9 Å². The minimum absolute atomic E-state index is 0. The fourth-order valence-electron chi connectivity index (χ4n) is 10.0. The van der Waals surface area contributed by atoms with Gasteiger partial charge in [0.1, 0.15) is 29.0 Å². The van der Waals surface area contributed by atoms with Crippen molar-refractivity contribution in [2.75, 3.05) is 40.1 Å². The average molecular weight is 1410 g/mol. The molecular weight excluding hydrogens is 1330 g/mol. The van der Waals surface area contributed by atoms with Crippen molar-refractivity contribution in [3.05, 3.63) is 190 Å². The zero-order chi connectivity index (χ0) is 71.1. The van der Waals surface area contributed by atoms with Crippen molar-refractivity contribution >= 4 is 105 Å². The quantitative estimate of drug-likeness (QED) is 0.0188. The van der Waals surface area contributed by atoms with Crippen LogP contribution in [0.25, 0.3) is 34.7 Å². The van der Waals surface area contributed by atoms with E-state index in [0.717, 1.165) is 26.7 Å². The number of carbonyl (C=O) groups is 3. The van der Waals surface area contributed by atoms with E-state index in [0.29, 0.717) is 69.1 Å². The van der Waals surface area contributed by atoms with E-state index >= 15 is 0 Å². The first-order valence-electron chi connectivity index (χ1n) is 30.1. The number of hydrogen-bond donors (Lipinski definition) is 6. The minimum atomic E-state index is -3.66.